The summed E-state index contributed by atoms with van der Waals surface area (Å²) < 4.78 is 16.6. The van der Waals surface area contributed by atoms with Gasteiger partial charge >= 0.3 is 0 Å². The fraction of sp³-hybridized carbons (Fsp3) is 0.130. The molecule has 0 saturated carbocycles. The van der Waals surface area contributed by atoms with Gasteiger partial charge in [0.25, 0.3) is 0 Å². The molecule has 0 spiro atoms. The number of fused-ring (bicyclic) bond motifs is 1. The minimum atomic E-state index is 0.498. The van der Waals surface area contributed by atoms with Crippen LogP contribution in [0.3, 0.4) is 0 Å². The highest BCUT2D eigenvalue weighted by Crippen LogP contribution is 2.43. The average molecular weight is 372 g/mol. The highest BCUT2D eigenvalue weighted by molar-refractivity contribution is 5.92. The SMILES string of the molecule is COc1cc2nc(-c3ccccc3)c(-c3ccccc3)nc2c(OC)c1OC. The molecule has 0 atom stereocenters. The van der Waals surface area contributed by atoms with Gasteiger partial charge in [-0.25, -0.2) is 9.97 Å². The molecule has 0 N–H and O–H groups in total. The van der Waals surface area contributed by atoms with E-state index < -0.39 is 0 Å². The van der Waals surface area contributed by atoms with Crippen LogP contribution in [0.4, 0.5) is 0 Å². The van der Waals surface area contributed by atoms with E-state index in [0.717, 1.165) is 22.5 Å². The molecule has 3 aromatic carbocycles. The van der Waals surface area contributed by atoms with E-state index in [1.165, 1.54) is 0 Å². The van der Waals surface area contributed by atoms with Crippen molar-refractivity contribution >= 4 is 11.0 Å². The van der Waals surface area contributed by atoms with Gasteiger partial charge in [0.2, 0.25) is 5.75 Å². The van der Waals surface area contributed by atoms with Crippen molar-refractivity contribution in [2.75, 3.05) is 21.3 Å². The molecule has 5 nitrogen and oxygen atoms in total. The Morgan fingerprint density at radius 3 is 1.64 bits per heavy atom. The van der Waals surface area contributed by atoms with Crippen LogP contribution < -0.4 is 14.2 Å². The van der Waals surface area contributed by atoms with Crippen LogP contribution in [0.1, 0.15) is 0 Å². The molecule has 4 rings (SSSR count). The van der Waals surface area contributed by atoms with Gasteiger partial charge in [-0.3, -0.25) is 0 Å². The highest BCUT2D eigenvalue weighted by Gasteiger charge is 2.21. The van der Waals surface area contributed by atoms with Crippen molar-refractivity contribution in [1.82, 2.24) is 9.97 Å². The Balaban J connectivity index is 2.10. The molecule has 0 radical (unpaired) electrons. The van der Waals surface area contributed by atoms with Crippen molar-refractivity contribution in [1.29, 1.82) is 0 Å². The maximum Gasteiger partial charge on any atom is 0.205 e. The molecule has 0 saturated heterocycles. The Morgan fingerprint density at radius 1 is 0.607 bits per heavy atom. The number of rotatable bonds is 5. The zero-order valence-corrected chi connectivity index (χ0v) is 16.0. The first kappa shape index (κ1) is 17.8. The number of hydrogen-bond donors (Lipinski definition) is 0. The van der Waals surface area contributed by atoms with E-state index in [0.29, 0.717) is 28.3 Å². The van der Waals surface area contributed by atoms with Gasteiger partial charge in [-0.05, 0) is 0 Å². The summed E-state index contributed by atoms with van der Waals surface area (Å²) in [7, 11) is 4.76. The van der Waals surface area contributed by atoms with Crippen LogP contribution in [-0.4, -0.2) is 31.3 Å². The van der Waals surface area contributed by atoms with E-state index in [1.807, 2.05) is 66.7 Å². The largest absolute Gasteiger partial charge is 0.493 e. The van der Waals surface area contributed by atoms with Crippen LogP contribution in [0.25, 0.3) is 33.5 Å². The lowest BCUT2D eigenvalue weighted by Crippen LogP contribution is -2.01. The van der Waals surface area contributed by atoms with E-state index in [4.69, 9.17) is 24.2 Å². The number of hydrogen-bond acceptors (Lipinski definition) is 5. The fourth-order valence-corrected chi connectivity index (χ4v) is 3.25. The van der Waals surface area contributed by atoms with Crippen molar-refractivity contribution in [3.05, 3.63) is 66.7 Å². The molecule has 0 aliphatic carbocycles. The lowest BCUT2D eigenvalue weighted by molar-refractivity contribution is 0.326. The van der Waals surface area contributed by atoms with Gasteiger partial charge in [-0.1, -0.05) is 60.7 Å². The molecule has 0 aliphatic heterocycles. The van der Waals surface area contributed by atoms with Crippen LogP contribution in [0, 0.1) is 0 Å². The molecule has 5 heteroatoms. The van der Waals surface area contributed by atoms with Gasteiger partial charge in [-0.2, -0.15) is 0 Å². The molecular weight excluding hydrogens is 352 g/mol. The lowest BCUT2D eigenvalue weighted by atomic mass is 10.0. The number of methoxy groups -OCH3 is 3. The standard InChI is InChI=1S/C23H20N2O3/c1-26-18-14-17-21(23(28-3)22(18)27-2)25-20(16-12-8-5-9-13-16)19(24-17)15-10-6-4-7-11-15/h4-14H,1-3H3. The molecule has 0 fully saturated rings. The first-order valence-corrected chi connectivity index (χ1v) is 8.88. The minimum Gasteiger partial charge on any atom is -0.493 e. The van der Waals surface area contributed by atoms with Gasteiger partial charge in [-0.15, -0.1) is 0 Å². The molecule has 0 bridgehead atoms. The molecule has 1 heterocycles. The summed E-state index contributed by atoms with van der Waals surface area (Å²) in [5.74, 6) is 1.55. The predicted octanol–water partition coefficient (Wildman–Crippen LogP) is 4.99. The Bertz CT molecular complexity index is 1110. The summed E-state index contributed by atoms with van der Waals surface area (Å²) in [5, 5.41) is 0. The minimum absolute atomic E-state index is 0.498. The maximum absolute atomic E-state index is 5.62. The molecule has 140 valence electrons. The first-order chi connectivity index (χ1) is 13.8. The Labute approximate surface area is 163 Å². The van der Waals surface area contributed by atoms with Gasteiger partial charge in [0, 0.05) is 17.2 Å². The lowest BCUT2D eigenvalue weighted by Gasteiger charge is -2.16. The number of ether oxygens (including phenoxy) is 3. The van der Waals surface area contributed by atoms with Crippen LogP contribution in [0.2, 0.25) is 0 Å². The average Bonchev–Trinajstić information content (AvgIpc) is 2.77. The number of benzene rings is 3. The summed E-state index contributed by atoms with van der Waals surface area (Å²) in [6.45, 7) is 0. The molecular formula is C23H20N2O3. The first-order valence-electron chi connectivity index (χ1n) is 8.88. The molecule has 0 aliphatic rings. The topological polar surface area (TPSA) is 53.5 Å². The number of nitrogens with zero attached hydrogens (tertiary/aromatic N) is 2. The van der Waals surface area contributed by atoms with E-state index >= 15 is 0 Å². The van der Waals surface area contributed by atoms with Crippen LogP contribution >= 0.6 is 0 Å². The third-order valence-electron chi connectivity index (χ3n) is 4.56. The van der Waals surface area contributed by atoms with Gasteiger partial charge in [0.1, 0.15) is 5.52 Å². The molecule has 0 amide bonds. The third-order valence-corrected chi connectivity index (χ3v) is 4.56. The maximum atomic E-state index is 5.62. The fourth-order valence-electron chi connectivity index (χ4n) is 3.25. The second-order valence-corrected chi connectivity index (χ2v) is 6.17. The van der Waals surface area contributed by atoms with Gasteiger partial charge < -0.3 is 14.2 Å². The predicted molar refractivity (Wildman–Crippen MR) is 110 cm³/mol. The van der Waals surface area contributed by atoms with Crippen molar-refractivity contribution in [2.45, 2.75) is 0 Å². The van der Waals surface area contributed by atoms with Crippen molar-refractivity contribution in [3.63, 3.8) is 0 Å². The van der Waals surface area contributed by atoms with Crippen LogP contribution in [0.15, 0.2) is 66.7 Å². The monoisotopic (exact) mass is 372 g/mol. The second-order valence-electron chi connectivity index (χ2n) is 6.17. The zero-order valence-electron chi connectivity index (χ0n) is 16.0. The molecule has 1 aromatic heterocycles. The highest BCUT2D eigenvalue weighted by atomic mass is 16.5. The third kappa shape index (κ3) is 3.01. The summed E-state index contributed by atoms with van der Waals surface area (Å²) in [6, 6.07) is 21.8. The summed E-state index contributed by atoms with van der Waals surface area (Å²) in [5.41, 5.74) is 4.85. The Morgan fingerprint density at radius 2 is 1.14 bits per heavy atom. The van der Waals surface area contributed by atoms with E-state index in [2.05, 4.69) is 0 Å². The van der Waals surface area contributed by atoms with Gasteiger partial charge in [0.05, 0.1) is 38.2 Å². The van der Waals surface area contributed by atoms with E-state index in [1.54, 1.807) is 21.3 Å². The van der Waals surface area contributed by atoms with Crippen molar-refractivity contribution in [3.8, 4) is 39.8 Å². The van der Waals surface area contributed by atoms with E-state index in [9.17, 15) is 0 Å². The molecule has 28 heavy (non-hydrogen) atoms. The summed E-state index contributed by atoms with van der Waals surface area (Å²) >= 11 is 0. The Hall–Kier alpha value is -3.60. The van der Waals surface area contributed by atoms with Crippen molar-refractivity contribution in [2.24, 2.45) is 0 Å². The summed E-state index contributed by atoms with van der Waals surface area (Å²) in [6.07, 6.45) is 0. The normalized spacial score (nSPS) is 10.7. The van der Waals surface area contributed by atoms with E-state index in [-0.39, 0.29) is 0 Å². The molecule has 4 aromatic rings. The van der Waals surface area contributed by atoms with Crippen molar-refractivity contribution < 1.29 is 14.2 Å². The van der Waals surface area contributed by atoms with Gasteiger partial charge in [0.15, 0.2) is 11.5 Å². The molecule has 0 unspecified atom stereocenters. The van der Waals surface area contributed by atoms with Crippen LogP contribution in [-0.2, 0) is 0 Å². The second kappa shape index (κ2) is 7.56. The zero-order chi connectivity index (χ0) is 19.5. The van der Waals surface area contributed by atoms with Crippen LogP contribution in [0.5, 0.6) is 17.2 Å². The Kier molecular flexibility index (Phi) is 4.81. The smallest absolute Gasteiger partial charge is 0.205 e. The number of aromatic nitrogens is 2. The quantitative estimate of drug-likeness (QED) is 0.494. The summed E-state index contributed by atoms with van der Waals surface area (Å²) in [4.78, 5) is 9.89.